The molecule has 2 amide bonds. The Morgan fingerprint density at radius 1 is 1.38 bits per heavy atom. The summed E-state index contributed by atoms with van der Waals surface area (Å²) < 4.78 is 26.6. The number of nitrogens with one attached hydrogen (secondary N) is 2. The van der Waals surface area contributed by atoms with Gasteiger partial charge in [-0.15, -0.1) is 0 Å². The van der Waals surface area contributed by atoms with Gasteiger partial charge in [0.1, 0.15) is 0 Å². The van der Waals surface area contributed by atoms with Crippen LogP contribution in [0, 0.1) is 0 Å². The van der Waals surface area contributed by atoms with Crippen molar-refractivity contribution >= 4 is 27.5 Å². The SMILES string of the molecule is C[C@@H](NS(=O)(=O)c1ccc2c(c1)CCCC(=O)N2)C(N)=O. The maximum Gasteiger partial charge on any atom is 0.241 e. The highest BCUT2D eigenvalue weighted by atomic mass is 32.2. The topological polar surface area (TPSA) is 118 Å². The van der Waals surface area contributed by atoms with Crippen LogP contribution < -0.4 is 15.8 Å². The average molecular weight is 311 g/mol. The molecule has 0 aliphatic carbocycles. The second-order valence-corrected chi connectivity index (χ2v) is 6.68. The molecule has 21 heavy (non-hydrogen) atoms. The summed E-state index contributed by atoms with van der Waals surface area (Å²) in [6.45, 7) is 1.38. The number of carbonyl (C=O) groups is 2. The van der Waals surface area contributed by atoms with Crippen molar-refractivity contribution in [3.8, 4) is 0 Å². The maximum atomic E-state index is 12.2. The van der Waals surface area contributed by atoms with Crippen LogP contribution in [0.15, 0.2) is 23.1 Å². The van der Waals surface area contributed by atoms with E-state index in [2.05, 4.69) is 10.0 Å². The van der Waals surface area contributed by atoms with Gasteiger partial charge in [0.2, 0.25) is 21.8 Å². The molecular weight excluding hydrogens is 294 g/mol. The first-order chi connectivity index (χ1) is 9.79. The lowest BCUT2D eigenvalue weighted by Gasteiger charge is -2.13. The van der Waals surface area contributed by atoms with Crippen LogP contribution in [0.1, 0.15) is 25.3 Å². The molecule has 0 fully saturated rings. The van der Waals surface area contributed by atoms with Crippen molar-refractivity contribution in [3.63, 3.8) is 0 Å². The molecule has 1 aromatic rings. The third kappa shape index (κ3) is 3.59. The van der Waals surface area contributed by atoms with Gasteiger partial charge in [-0.25, -0.2) is 8.42 Å². The Balaban J connectivity index is 2.31. The third-order valence-electron chi connectivity index (χ3n) is 3.27. The van der Waals surface area contributed by atoms with Crippen molar-refractivity contribution < 1.29 is 18.0 Å². The molecule has 8 heteroatoms. The highest BCUT2D eigenvalue weighted by Crippen LogP contribution is 2.25. The highest BCUT2D eigenvalue weighted by Gasteiger charge is 2.22. The molecule has 2 rings (SSSR count). The van der Waals surface area contributed by atoms with Crippen LogP contribution >= 0.6 is 0 Å². The molecule has 0 spiro atoms. The van der Waals surface area contributed by atoms with Crippen LogP contribution in [0.25, 0.3) is 0 Å². The molecule has 0 saturated heterocycles. The molecule has 114 valence electrons. The lowest BCUT2D eigenvalue weighted by Crippen LogP contribution is -2.42. The Morgan fingerprint density at radius 3 is 2.76 bits per heavy atom. The van der Waals surface area contributed by atoms with Crippen LogP contribution in [0.4, 0.5) is 5.69 Å². The standard InChI is InChI=1S/C13H17N3O4S/c1-8(13(14)18)16-21(19,20)10-5-6-11-9(7-10)3-2-4-12(17)15-11/h5-8,16H,2-4H2,1H3,(H2,14,18)(H,15,17)/t8-/m1/s1. The van der Waals surface area contributed by atoms with Crippen molar-refractivity contribution in [2.75, 3.05) is 5.32 Å². The number of anilines is 1. The van der Waals surface area contributed by atoms with Crippen LogP contribution in [0.2, 0.25) is 0 Å². The molecule has 4 N–H and O–H groups in total. The van der Waals surface area contributed by atoms with Crippen LogP contribution in [-0.4, -0.2) is 26.3 Å². The molecular formula is C13H17N3O4S. The summed E-state index contributed by atoms with van der Waals surface area (Å²) >= 11 is 0. The summed E-state index contributed by atoms with van der Waals surface area (Å²) in [6, 6.07) is 3.47. The van der Waals surface area contributed by atoms with Gasteiger partial charge in [0.25, 0.3) is 0 Å². The average Bonchev–Trinajstić information content (AvgIpc) is 2.57. The minimum Gasteiger partial charge on any atom is -0.368 e. The minimum absolute atomic E-state index is 0.0468. The largest absolute Gasteiger partial charge is 0.368 e. The number of amides is 2. The summed E-state index contributed by atoms with van der Waals surface area (Å²) in [6.07, 6.45) is 1.68. The van der Waals surface area contributed by atoms with E-state index in [9.17, 15) is 18.0 Å². The van der Waals surface area contributed by atoms with E-state index in [-0.39, 0.29) is 10.8 Å². The zero-order valence-corrected chi connectivity index (χ0v) is 12.4. The Kier molecular flexibility index (Phi) is 4.29. The summed E-state index contributed by atoms with van der Waals surface area (Å²) in [5, 5.41) is 2.73. The molecule has 0 unspecified atom stereocenters. The van der Waals surface area contributed by atoms with Gasteiger partial charge in [0, 0.05) is 12.1 Å². The first kappa shape index (κ1) is 15.5. The van der Waals surface area contributed by atoms with Gasteiger partial charge in [-0.05, 0) is 43.5 Å². The number of fused-ring (bicyclic) bond motifs is 1. The fourth-order valence-corrected chi connectivity index (χ4v) is 3.34. The molecule has 1 heterocycles. The number of hydrogen-bond donors (Lipinski definition) is 3. The van der Waals surface area contributed by atoms with Crippen molar-refractivity contribution in [3.05, 3.63) is 23.8 Å². The number of aryl methyl sites for hydroxylation is 1. The van der Waals surface area contributed by atoms with E-state index < -0.39 is 22.0 Å². The molecule has 0 saturated carbocycles. The van der Waals surface area contributed by atoms with Crippen LogP contribution in [-0.2, 0) is 26.0 Å². The number of nitrogens with two attached hydrogens (primary N) is 1. The highest BCUT2D eigenvalue weighted by molar-refractivity contribution is 7.89. The van der Waals surface area contributed by atoms with E-state index in [1.54, 1.807) is 6.07 Å². The summed E-state index contributed by atoms with van der Waals surface area (Å²) in [5.74, 6) is -0.828. The van der Waals surface area contributed by atoms with Gasteiger partial charge in [0.15, 0.2) is 0 Å². The van der Waals surface area contributed by atoms with Crippen LogP contribution in [0.5, 0.6) is 0 Å². The summed E-state index contributed by atoms with van der Waals surface area (Å²) in [4.78, 5) is 22.5. The number of benzene rings is 1. The van der Waals surface area contributed by atoms with Gasteiger partial charge in [0.05, 0.1) is 10.9 Å². The smallest absolute Gasteiger partial charge is 0.241 e. The Morgan fingerprint density at radius 2 is 2.10 bits per heavy atom. The number of sulfonamides is 1. The quantitative estimate of drug-likeness (QED) is 0.731. The minimum atomic E-state index is -3.83. The first-order valence-electron chi connectivity index (χ1n) is 6.54. The maximum absolute atomic E-state index is 12.2. The van der Waals surface area contributed by atoms with Gasteiger partial charge < -0.3 is 11.1 Å². The molecule has 1 atom stereocenters. The Bertz CT molecular complexity index is 685. The van der Waals surface area contributed by atoms with Crippen molar-refractivity contribution in [1.29, 1.82) is 0 Å². The van der Waals surface area contributed by atoms with Gasteiger partial charge in [-0.3, -0.25) is 9.59 Å². The van der Waals surface area contributed by atoms with Gasteiger partial charge in [-0.2, -0.15) is 4.72 Å². The monoisotopic (exact) mass is 311 g/mol. The van der Waals surface area contributed by atoms with E-state index in [1.165, 1.54) is 19.1 Å². The second-order valence-electron chi connectivity index (χ2n) is 4.97. The van der Waals surface area contributed by atoms with E-state index in [0.717, 1.165) is 5.56 Å². The number of hydrogen-bond acceptors (Lipinski definition) is 4. The van der Waals surface area contributed by atoms with Crippen molar-refractivity contribution in [2.24, 2.45) is 5.73 Å². The lowest BCUT2D eigenvalue weighted by atomic mass is 10.1. The number of rotatable bonds is 4. The van der Waals surface area contributed by atoms with Crippen LogP contribution in [0.3, 0.4) is 0 Å². The predicted octanol–water partition coefficient (Wildman–Crippen LogP) is 0.113. The van der Waals surface area contributed by atoms with E-state index >= 15 is 0 Å². The zero-order valence-electron chi connectivity index (χ0n) is 11.5. The van der Waals surface area contributed by atoms with Gasteiger partial charge >= 0.3 is 0 Å². The first-order valence-corrected chi connectivity index (χ1v) is 8.02. The molecule has 1 aliphatic heterocycles. The molecule has 0 bridgehead atoms. The van der Waals surface area contributed by atoms with E-state index in [1.807, 2.05) is 0 Å². The zero-order chi connectivity index (χ0) is 15.6. The second kappa shape index (κ2) is 5.82. The number of primary amides is 1. The lowest BCUT2D eigenvalue weighted by molar-refractivity contribution is -0.119. The summed E-state index contributed by atoms with van der Waals surface area (Å²) in [7, 11) is -3.83. The summed E-state index contributed by atoms with van der Waals surface area (Å²) in [5.41, 5.74) is 6.44. The van der Waals surface area contributed by atoms with E-state index in [4.69, 9.17) is 5.73 Å². The normalized spacial score (nSPS) is 16.5. The predicted molar refractivity (Wildman–Crippen MR) is 77.0 cm³/mol. The Labute approximate surface area is 123 Å². The molecule has 0 aromatic heterocycles. The number of carbonyl (C=O) groups excluding carboxylic acids is 2. The Hall–Kier alpha value is -1.93. The molecule has 7 nitrogen and oxygen atoms in total. The molecule has 1 aromatic carbocycles. The fraction of sp³-hybridized carbons (Fsp3) is 0.385. The van der Waals surface area contributed by atoms with Crippen molar-refractivity contribution in [1.82, 2.24) is 4.72 Å². The van der Waals surface area contributed by atoms with Crippen molar-refractivity contribution in [2.45, 2.75) is 37.1 Å². The van der Waals surface area contributed by atoms with Gasteiger partial charge in [-0.1, -0.05) is 0 Å². The van der Waals surface area contributed by atoms with E-state index in [0.29, 0.717) is 24.9 Å². The molecule has 0 radical (unpaired) electrons. The third-order valence-corrected chi connectivity index (χ3v) is 4.81. The fourth-order valence-electron chi connectivity index (χ4n) is 2.08. The molecule has 1 aliphatic rings.